The summed E-state index contributed by atoms with van der Waals surface area (Å²) < 4.78 is 17.9. The molecule has 0 radical (unpaired) electrons. The predicted molar refractivity (Wildman–Crippen MR) is 53.4 cm³/mol. The molecule has 0 aliphatic heterocycles. The van der Waals surface area contributed by atoms with Crippen LogP contribution in [0, 0.1) is 5.82 Å². The molecule has 0 fully saturated rings. The van der Waals surface area contributed by atoms with Crippen molar-refractivity contribution >= 4 is 23.2 Å². The molecule has 0 saturated carbocycles. The maximum atomic E-state index is 13.2. The second-order valence-corrected chi connectivity index (χ2v) is 3.84. The zero-order chi connectivity index (χ0) is 10.7. The Labute approximate surface area is 91.2 Å². The quantitative estimate of drug-likeness (QED) is 0.821. The third-order valence-electron chi connectivity index (χ3n) is 1.76. The number of aliphatic hydroxyl groups excluding tert-OH is 1. The summed E-state index contributed by atoms with van der Waals surface area (Å²) in [4.78, 5) is -0.984. The molecular weight excluding hydrogens is 230 g/mol. The van der Waals surface area contributed by atoms with Gasteiger partial charge in [-0.15, -0.1) is 23.2 Å². The SMILES string of the molecule is COc1ccc(C(O)C(Cl)Cl)cc1F. The number of hydrogen-bond acceptors (Lipinski definition) is 2. The number of methoxy groups -OCH3 is 1. The van der Waals surface area contributed by atoms with E-state index in [1.54, 1.807) is 0 Å². The summed E-state index contributed by atoms with van der Waals surface area (Å²) in [6.07, 6.45) is -1.10. The van der Waals surface area contributed by atoms with Crippen LogP contribution in [0.4, 0.5) is 4.39 Å². The van der Waals surface area contributed by atoms with Crippen molar-refractivity contribution in [2.75, 3.05) is 7.11 Å². The molecule has 1 rings (SSSR count). The van der Waals surface area contributed by atoms with Crippen LogP contribution in [-0.4, -0.2) is 17.1 Å². The number of halogens is 3. The van der Waals surface area contributed by atoms with Crippen LogP contribution in [0.1, 0.15) is 11.7 Å². The maximum absolute atomic E-state index is 13.2. The van der Waals surface area contributed by atoms with Crippen LogP contribution in [0.5, 0.6) is 5.75 Å². The fourth-order valence-corrected chi connectivity index (χ4v) is 1.30. The average molecular weight is 239 g/mol. The van der Waals surface area contributed by atoms with Crippen molar-refractivity contribution in [1.82, 2.24) is 0 Å². The number of alkyl halides is 2. The minimum Gasteiger partial charge on any atom is -0.494 e. The summed E-state index contributed by atoms with van der Waals surface area (Å²) in [5, 5.41) is 9.41. The summed E-state index contributed by atoms with van der Waals surface area (Å²) in [5.41, 5.74) is 0.318. The van der Waals surface area contributed by atoms with E-state index < -0.39 is 16.8 Å². The maximum Gasteiger partial charge on any atom is 0.165 e. The molecule has 1 unspecified atom stereocenters. The van der Waals surface area contributed by atoms with E-state index in [9.17, 15) is 9.50 Å². The fraction of sp³-hybridized carbons (Fsp3) is 0.333. The minimum atomic E-state index is -1.10. The molecular formula is C9H9Cl2FO2. The van der Waals surface area contributed by atoms with Gasteiger partial charge in [0.2, 0.25) is 0 Å². The Morgan fingerprint density at radius 3 is 2.50 bits per heavy atom. The number of rotatable bonds is 3. The fourth-order valence-electron chi connectivity index (χ4n) is 1.01. The van der Waals surface area contributed by atoms with E-state index in [0.29, 0.717) is 5.56 Å². The van der Waals surface area contributed by atoms with E-state index in [-0.39, 0.29) is 5.75 Å². The van der Waals surface area contributed by atoms with Crippen LogP contribution in [0.25, 0.3) is 0 Å². The smallest absolute Gasteiger partial charge is 0.165 e. The highest BCUT2D eigenvalue weighted by molar-refractivity contribution is 6.44. The van der Waals surface area contributed by atoms with Crippen LogP contribution in [-0.2, 0) is 0 Å². The summed E-state index contributed by atoms with van der Waals surface area (Å²) in [5.74, 6) is -0.445. The number of benzene rings is 1. The monoisotopic (exact) mass is 238 g/mol. The van der Waals surface area contributed by atoms with Gasteiger partial charge in [0.25, 0.3) is 0 Å². The molecule has 5 heteroatoms. The number of aliphatic hydroxyl groups is 1. The van der Waals surface area contributed by atoms with Gasteiger partial charge in [0.15, 0.2) is 11.6 Å². The van der Waals surface area contributed by atoms with Crippen LogP contribution in [0.3, 0.4) is 0 Å². The average Bonchev–Trinajstić information content (AvgIpc) is 2.16. The van der Waals surface area contributed by atoms with Gasteiger partial charge in [-0.3, -0.25) is 0 Å². The largest absolute Gasteiger partial charge is 0.494 e. The third kappa shape index (κ3) is 2.50. The summed E-state index contributed by atoms with van der Waals surface area (Å²) in [6.45, 7) is 0. The lowest BCUT2D eigenvalue weighted by atomic mass is 10.1. The van der Waals surface area contributed by atoms with Gasteiger partial charge < -0.3 is 9.84 Å². The molecule has 1 N–H and O–H groups in total. The molecule has 2 nitrogen and oxygen atoms in total. The van der Waals surface area contributed by atoms with Gasteiger partial charge in [-0.1, -0.05) is 6.07 Å². The minimum absolute atomic E-state index is 0.113. The normalized spacial score (nSPS) is 13.0. The highest BCUT2D eigenvalue weighted by Gasteiger charge is 2.17. The van der Waals surface area contributed by atoms with Crippen molar-refractivity contribution in [3.8, 4) is 5.75 Å². The number of ether oxygens (including phenoxy) is 1. The van der Waals surface area contributed by atoms with Crippen LogP contribution < -0.4 is 4.74 Å². The topological polar surface area (TPSA) is 29.5 Å². The van der Waals surface area contributed by atoms with Crippen molar-refractivity contribution in [3.63, 3.8) is 0 Å². The lowest BCUT2D eigenvalue weighted by molar-refractivity contribution is 0.192. The summed E-state index contributed by atoms with van der Waals surface area (Å²) >= 11 is 10.9. The zero-order valence-corrected chi connectivity index (χ0v) is 8.89. The van der Waals surface area contributed by atoms with E-state index in [2.05, 4.69) is 0 Å². The molecule has 1 aromatic carbocycles. The molecule has 0 saturated heterocycles. The Morgan fingerprint density at radius 2 is 2.07 bits per heavy atom. The van der Waals surface area contributed by atoms with Gasteiger partial charge in [0.1, 0.15) is 10.9 Å². The highest BCUT2D eigenvalue weighted by atomic mass is 35.5. The van der Waals surface area contributed by atoms with Crippen molar-refractivity contribution in [2.45, 2.75) is 10.9 Å². The lowest BCUT2D eigenvalue weighted by Gasteiger charge is -2.12. The van der Waals surface area contributed by atoms with Gasteiger partial charge in [-0.25, -0.2) is 4.39 Å². The predicted octanol–water partition coefficient (Wildman–Crippen LogP) is 2.67. The summed E-state index contributed by atoms with van der Waals surface area (Å²) in [7, 11) is 1.36. The summed E-state index contributed by atoms with van der Waals surface area (Å²) in [6, 6.07) is 4.05. The molecule has 0 heterocycles. The van der Waals surface area contributed by atoms with Crippen LogP contribution in [0.2, 0.25) is 0 Å². The molecule has 0 spiro atoms. The van der Waals surface area contributed by atoms with Crippen molar-refractivity contribution in [1.29, 1.82) is 0 Å². The lowest BCUT2D eigenvalue weighted by Crippen LogP contribution is -2.06. The first-order valence-corrected chi connectivity index (χ1v) is 4.73. The van der Waals surface area contributed by atoms with Gasteiger partial charge in [0, 0.05) is 0 Å². The third-order valence-corrected chi connectivity index (χ3v) is 2.23. The first-order chi connectivity index (χ1) is 6.56. The molecule has 0 aromatic heterocycles. The van der Waals surface area contributed by atoms with Crippen LogP contribution >= 0.6 is 23.2 Å². The molecule has 0 aliphatic rings. The van der Waals surface area contributed by atoms with E-state index in [4.69, 9.17) is 27.9 Å². The molecule has 0 bridgehead atoms. The van der Waals surface area contributed by atoms with E-state index in [1.165, 1.54) is 19.2 Å². The van der Waals surface area contributed by atoms with Gasteiger partial charge >= 0.3 is 0 Å². The molecule has 78 valence electrons. The molecule has 1 aromatic rings. The first kappa shape index (κ1) is 11.6. The van der Waals surface area contributed by atoms with Gasteiger partial charge in [-0.2, -0.15) is 0 Å². The Balaban J connectivity index is 2.96. The Morgan fingerprint density at radius 1 is 1.43 bits per heavy atom. The highest BCUT2D eigenvalue weighted by Crippen LogP contribution is 2.27. The standard InChI is InChI=1S/C9H9Cl2FO2/c1-14-7-3-2-5(4-6(7)12)8(13)9(10)11/h2-4,8-9,13H,1H3. The van der Waals surface area contributed by atoms with Crippen molar-refractivity contribution < 1.29 is 14.2 Å². The Bertz CT molecular complexity index is 318. The molecule has 0 aliphatic carbocycles. The van der Waals surface area contributed by atoms with E-state index in [1.807, 2.05) is 0 Å². The second-order valence-electron chi connectivity index (χ2n) is 2.67. The van der Waals surface area contributed by atoms with E-state index in [0.717, 1.165) is 6.07 Å². The molecule has 0 amide bonds. The van der Waals surface area contributed by atoms with Crippen molar-refractivity contribution in [2.24, 2.45) is 0 Å². The molecule has 1 atom stereocenters. The molecule has 14 heavy (non-hydrogen) atoms. The Hall–Kier alpha value is -0.510. The second kappa shape index (κ2) is 4.82. The van der Waals surface area contributed by atoms with Gasteiger partial charge in [-0.05, 0) is 17.7 Å². The number of hydrogen-bond donors (Lipinski definition) is 1. The van der Waals surface area contributed by atoms with E-state index >= 15 is 0 Å². The van der Waals surface area contributed by atoms with Crippen molar-refractivity contribution in [3.05, 3.63) is 29.6 Å². The zero-order valence-electron chi connectivity index (χ0n) is 7.38. The van der Waals surface area contributed by atoms with Crippen LogP contribution in [0.15, 0.2) is 18.2 Å². The first-order valence-electron chi connectivity index (χ1n) is 3.86. The van der Waals surface area contributed by atoms with Gasteiger partial charge in [0.05, 0.1) is 7.11 Å². The Kier molecular flexibility index (Phi) is 3.98.